The molecule has 0 atom stereocenters. The molecular formula is C17H14ClN3O2S. The molecule has 1 heterocycles. The highest BCUT2D eigenvalue weighted by atomic mass is 35.5. The number of rotatable bonds is 4. The van der Waals surface area contributed by atoms with Crippen LogP contribution in [0, 0.1) is 11.8 Å². The molecule has 0 saturated heterocycles. The van der Waals surface area contributed by atoms with Crippen LogP contribution in [0.1, 0.15) is 5.56 Å². The van der Waals surface area contributed by atoms with Crippen molar-refractivity contribution in [3.63, 3.8) is 0 Å². The SMILES string of the molecule is Cc1ccc(-c2nn(CC(=O)Nc3ccc(Cl)cc3)c(=S)o2)cc1. The summed E-state index contributed by atoms with van der Waals surface area (Å²) in [5, 5.41) is 7.63. The van der Waals surface area contributed by atoms with Gasteiger partial charge in [-0.15, -0.1) is 5.10 Å². The first-order chi connectivity index (χ1) is 11.5. The first-order valence-electron chi connectivity index (χ1n) is 7.22. The van der Waals surface area contributed by atoms with E-state index in [2.05, 4.69) is 10.4 Å². The van der Waals surface area contributed by atoms with Crippen molar-refractivity contribution < 1.29 is 9.21 Å². The average molecular weight is 360 g/mol. The van der Waals surface area contributed by atoms with Crippen LogP contribution in [-0.2, 0) is 11.3 Å². The number of carbonyl (C=O) groups is 1. The predicted molar refractivity (Wildman–Crippen MR) is 95.6 cm³/mol. The maximum atomic E-state index is 12.1. The number of halogens is 1. The van der Waals surface area contributed by atoms with Gasteiger partial charge in [0.15, 0.2) is 0 Å². The van der Waals surface area contributed by atoms with Gasteiger partial charge < -0.3 is 9.73 Å². The van der Waals surface area contributed by atoms with Gasteiger partial charge in [0.05, 0.1) is 0 Å². The Morgan fingerprint density at radius 1 is 1.21 bits per heavy atom. The monoisotopic (exact) mass is 359 g/mol. The fourth-order valence-corrected chi connectivity index (χ4v) is 2.40. The maximum absolute atomic E-state index is 12.1. The van der Waals surface area contributed by atoms with Crippen LogP contribution in [0.15, 0.2) is 52.9 Å². The van der Waals surface area contributed by atoms with Crippen LogP contribution in [0.2, 0.25) is 5.02 Å². The molecule has 1 amide bonds. The third-order valence-electron chi connectivity index (χ3n) is 3.33. The minimum atomic E-state index is -0.253. The lowest BCUT2D eigenvalue weighted by Crippen LogP contribution is -2.19. The van der Waals surface area contributed by atoms with Gasteiger partial charge in [-0.3, -0.25) is 4.79 Å². The quantitative estimate of drug-likeness (QED) is 0.698. The minimum absolute atomic E-state index is 0.0309. The lowest BCUT2D eigenvalue weighted by Gasteiger charge is -2.04. The molecule has 0 fully saturated rings. The van der Waals surface area contributed by atoms with E-state index in [4.69, 9.17) is 28.2 Å². The third kappa shape index (κ3) is 3.90. The summed E-state index contributed by atoms with van der Waals surface area (Å²) in [6.45, 7) is 1.97. The summed E-state index contributed by atoms with van der Waals surface area (Å²) in [6.07, 6.45) is 0. The van der Waals surface area contributed by atoms with Crippen LogP contribution in [0.3, 0.4) is 0 Å². The Hall–Kier alpha value is -2.44. The third-order valence-corrected chi connectivity index (χ3v) is 3.87. The molecule has 0 bridgehead atoms. The molecule has 7 heteroatoms. The number of hydrogen-bond donors (Lipinski definition) is 1. The van der Waals surface area contributed by atoms with Crippen molar-refractivity contribution in [3.05, 3.63) is 64.0 Å². The van der Waals surface area contributed by atoms with Gasteiger partial charge in [0.2, 0.25) is 11.8 Å². The molecule has 2 aromatic carbocycles. The van der Waals surface area contributed by atoms with Crippen LogP contribution in [0.5, 0.6) is 0 Å². The second kappa shape index (κ2) is 6.98. The zero-order valence-corrected chi connectivity index (χ0v) is 14.4. The van der Waals surface area contributed by atoms with Crippen LogP contribution in [0.25, 0.3) is 11.5 Å². The van der Waals surface area contributed by atoms with E-state index in [1.165, 1.54) is 4.68 Å². The van der Waals surface area contributed by atoms with Crippen LogP contribution in [0.4, 0.5) is 5.69 Å². The molecule has 3 rings (SSSR count). The summed E-state index contributed by atoms with van der Waals surface area (Å²) in [4.78, 5) is 12.3. The van der Waals surface area contributed by atoms with E-state index in [-0.39, 0.29) is 17.3 Å². The molecule has 0 unspecified atom stereocenters. The van der Waals surface area contributed by atoms with Gasteiger partial charge >= 0.3 is 0 Å². The van der Waals surface area contributed by atoms with E-state index >= 15 is 0 Å². The second-order valence-corrected chi connectivity index (χ2v) is 6.04. The number of hydrogen-bond acceptors (Lipinski definition) is 4. The van der Waals surface area contributed by atoms with Crippen molar-refractivity contribution in [2.24, 2.45) is 0 Å². The molecule has 0 aliphatic rings. The molecule has 0 spiro atoms. The van der Waals surface area contributed by atoms with Crippen LogP contribution < -0.4 is 5.32 Å². The van der Waals surface area contributed by atoms with Crippen molar-refractivity contribution in [2.45, 2.75) is 13.5 Å². The van der Waals surface area contributed by atoms with Crippen LogP contribution in [-0.4, -0.2) is 15.7 Å². The largest absolute Gasteiger partial charge is 0.409 e. The fraction of sp³-hybridized carbons (Fsp3) is 0.118. The second-order valence-electron chi connectivity index (χ2n) is 5.25. The smallest absolute Gasteiger partial charge is 0.287 e. The molecule has 122 valence electrons. The minimum Gasteiger partial charge on any atom is -0.409 e. The standard InChI is InChI=1S/C17H14ClN3O2S/c1-11-2-4-12(5-3-11)16-20-21(17(24)23-16)10-15(22)19-14-8-6-13(18)7-9-14/h2-9H,10H2,1H3,(H,19,22). The topological polar surface area (TPSA) is 60.1 Å². The molecule has 1 N–H and O–H groups in total. The first kappa shape index (κ1) is 16.4. The van der Waals surface area contributed by atoms with E-state index in [1.807, 2.05) is 31.2 Å². The highest BCUT2D eigenvalue weighted by Crippen LogP contribution is 2.18. The summed E-state index contributed by atoms with van der Waals surface area (Å²) in [7, 11) is 0. The van der Waals surface area contributed by atoms with Gasteiger partial charge in [-0.25, -0.2) is 4.68 Å². The molecule has 1 aromatic heterocycles. The van der Waals surface area contributed by atoms with Crippen molar-refractivity contribution in [2.75, 3.05) is 5.32 Å². The Morgan fingerprint density at radius 2 is 1.88 bits per heavy atom. The summed E-state index contributed by atoms with van der Waals surface area (Å²) in [6, 6.07) is 14.6. The molecule has 0 aliphatic carbocycles. The van der Waals surface area contributed by atoms with E-state index < -0.39 is 0 Å². The molecule has 24 heavy (non-hydrogen) atoms. The highest BCUT2D eigenvalue weighted by Gasteiger charge is 2.11. The van der Waals surface area contributed by atoms with Crippen molar-refractivity contribution >= 4 is 35.4 Å². The number of aryl methyl sites for hydroxylation is 1. The van der Waals surface area contributed by atoms with Gasteiger partial charge in [-0.05, 0) is 55.5 Å². The van der Waals surface area contributed by atoms with Gasteiger partial charge in [0.1, 0.15) is 6.54 Å². The van der Waals surface area contributed by atoms with Gasteiger partial charge in [-0.2, -0.15) is 0 Å². The fourth-order valence-electron chi connectivity index (χ4n) is 2.09. The molecule has 3 aromatic rings. The number of carbonyl (C=O) groups excluding carboxylic acids is 1. The summed E-state index contributed by atoms with van der Waals surface area (Å²) >= 11 is 11.0. The lowest BCUT2D eigenvalue weighted by atomic mass is 10.1. The zero-order chi connectivity index (χ0) is 17.1. The Labute approximate surface area is 148 Å². The van der Waals surface area contributed by atoms with Gasteiger partial charge in [-0.1, -0.05) is 29.3 Å². The Bertz CT molecular complexity index is 914. The summed E-state index contributed by atoms with van der Waals surface area (Å²) in [5.41, 5.74) is 2.60. The number of amides is 1. The van der Waals surface area contributed by atoms with Gasteiger partial charge in [0, 0.05) is 16.3 Å². The molecule has 5 nitrogen and oxygen atoms in total. The number of nitrogens with zero attached hydrogens (tertiary/aromatic N) is 2. The zero-order valence-electron chi connectivity index (χ0n) is 12.8. The number of aromatic nitrogens is 2. The Morgan fingerprint density at radius 3 is 2.54 bits per heavy atom. The van der Waals surface area contributed by atoms with Crippen molar-refractivity contribution in [3.8, 4) is 11.5 Å². The molecule has 0 saturated carbocycles. The van der Waals surface area contributed by atoms with E-state index in [1.54, 1.807) is 24.3 Å². The summed E-state index contributed by atoms with van der Waals surface area (Å²) in [5.74, 6) is 0.136. The van der Waals surface area contributed by atoms with Crippen molar-refractivity contribution in [1.29, 1.82) is 0 Å². The Kier molecular flexibility index (Phi) is 4.78. The van der Waals surface area contributed by atoms with E-state index in [0.29, 0.717) is 16.6 Å². The maximum Gasteiger partial charge on any atom is 0.287 e. The van der Waals surface area contributed by atoms with E-state index in [9.17, 15) is 4.79 Å². The van der Waals surface area contributed by atoms with E-state index in [0.717, 1.165) is 11.1 Å². The first-order valence-corrected chi connectivity index (χ1v) is 8.00. The summed E-state index contributed by atoms with van der Waals surface area (Å²) < 4.78 is 6.83. The van der Waals surface area contributed by atoms with Gasteiger partial charge in [0.25, 0.3) is 4.84 Å². The van der Waals surface area contributed by atoms with Crippen LogP contribution >= 0.6 is 23.8 Å². The lowest BCUT2D eigenvalue weighted by molar-refractivity contribution is -0.117. The predicted octanol–water partition coefficient (Wildman–Crippen LogP) is 4.47. The normalized spacial score (nSPS) is 10.6. The molecular weight excluding hydrogens is 346 g/mol. The number of benzene rings is 2. The Balaban J connectivity index is 1.73. The molecule has 0 radical (unpaired) electrons. The average Bonchev–Trinajstić information content (AvgIpc) is 2.91. The number of nitrogens with one attached hydrogen (secondary N) is 1. The van der Waals surface area contributed by atoms with Crippen molar-refractivity contribution in [1.82, 2.24) is 9.78 Å². The molecule has 0 aliphatic heterocycles. The number of anilines is 1. The highest BCUT2D eigenvalue weighted by molar-refractivity contribution is 7.71.